The summed E-state index contributed by atoms with van der Waals surface area (Å²) in [5.74, 6) is -1.63. The third-order valence-electron chi connectivity index (χ3n) is 4.66. The fraction of sp³-hybridized carbons (Fsp3) is 0.286. The molecule has 1 aromatic carbocycles. The minimum atomic E-state index is -0.725. The Morgan fingerprint density at radius 1 is 1.23 bits per heavy atom. The van der Waals surface area contributed by atoms with Gasteiger partial charge in [-0.2, -0.15) is 0 Å². The maximum atomic E-state index is 13.1. The highest BCUT2D eigenvalue weighted by atomic mass is 32.1. The third kappa shape index (κ3) is 4.52. The normalized spacial score (nSPS) is 16.4. The number of Topliss-reactive ketones (excluding diaryl/α,β-unsaturated/α-hetero) is 1. The van der Waals surface area contributed by atoms with E-state index in [2.05, 4.69) is 0 Å². The van der Waals surface area contributed by atoms with E-state index in [9.17, 15) is 19.5 Å². The van der Waals surface area contributed by atoms with Crippen LogP contribution in [0, 0.1) is 0 Å². The van der Waals surface area contributed by atoms with Crippen molar-refractivity contribution in [1.29, 1.82) is 0 Å². The molecule has 0 spiro atoms. The van der Waals surface area contributed by atoms with E-state index >= 15 is 0 Å². The average molecular weight is 429 g/mol. The lowest BCUT2D eigenvalue weighted by molar-refractivity contribution is -0.129. The molecule has 2 heterocycles. The Labute approximate surface area is 178 Å². The molecule has 3 rings (SSSR count). The molecule has 3 N–H and O–H groups in total. The zero-order chi connectivity index (χ0) is 21.8. The molecule has 158 valence electrons. The molecule has 0 saturated carbocycles. The Hall–Kier alpha value is -3.17. The Morgan fingerprint density at radius 2 is 1.93 bits per heavy atom. The molecule has 30 heavy (non-hydrogen) atoms. The molecule has 2 aromatic rings. The van der Waals surface area contributed by atoms with Gasteiger partial charge in [-0.25, -0.2) is 0 Å². The molecule has 0 fully saturated rings. The largest absolute Gasteiger partial charge is 0.503 e. The molecule has 9 heteroatoms. The molecule has 0 bridgehead atoms. The highest BCUT2D eigenvalue weighted by molar-refractivity contribution is 7.12. The Bertz CT molecular complexity index is 967. The lowest BCUT2D eigenvalue weighted by Crippen LogP contribution is -2.36. The van der Waals surface area contributed by atoms with Gasteiger partial charge in [0.2, 0.25) is 5.78 Å². The van der Waals surface area contributed by atoms with E-state index in [1.165, 1.54) is 16.2 Å². The number of hydrogen-bond acceptors (Lipinski definition) is 7. The molecule has 0 saturated heterocycles. The molecule has 8 nitrogen and oxygen atoms in total. The first-order chi connectivity index (χ1) is 14.3. The molecule has 1 unspecified atom stereocenters. The van der Waals surface area contributed by atoms with Gasteiger partial charge in [-0.15, -0.1) is 11.3 Å². The smallest absolute Gasteiger partial charge is 0.290 e. The second-order valence-corrected chi connectivity index (χ2v) is 8.04. The summed E-state index contributed by atoms with van der Waals surface area (Å²) in [6, 6.07) is 9.37. The highest BCUT2D eigenvalue weighted by Crippen LogP contribution is 2.39. The number of aliphatic hydroxyl groups is 1. The van der Waals surface area contributed by atoms with Crippen LogP contribution in [-0.4, -0.2) is 66.3 Å². The van der Waals surface area contributed by atoms with Crippen LogP contribution in [0.3, 0.4) is 0 Å². The van der Waals surface area contributed by atoms with Crippen molar-refractivity contribution in [2.45, 2.75) is 6.04 Å². The molecule has 0 radical (unpaired) electrons. The maximum absolute atomic E-state index is 13.1. The zero-order valence-corrected chi connectivity index (χ0v) is 17.5. The summed E-state index contributed by atoms with van der Waals surface area (Å²) in [4.78, 5) is 40.7. The number of hydrogen-bond donors (Lipinski definition) is 2. The van der Waals surface area contributed by atoms with E-state index in [0.717, 1.165) is 0 Å². The monoisotopic (exact) mass is 429 g/mol. The van der Waals surface area contributed by atoms with Crippen LogP contribution in [0.4, 0.5) is 0 Å². The Balaban J connectivity index is 1.96. The van der Waals surface area contributed by atoms with Gasteiger partial charge < -0.3 is 25.4 Å². The predicted octanol–water partition coefficient (Wildman–Crippen LogP) is 1.75. The first kappa shape index (κ1) is 21.5. The number of amides is 2. The second kappa shape index (κ2) is 9.10. The van der Waals surface area contributed by atoms with Crippen molar-refractivity contribution in [1.82, 2.24) is 9.80 Å². The van der Waals surface area contributed by atoms with Crippen LogP contribution >= 0.6 is 11.3 Å². The van der Waals surface area contributed by atoms with Gasteiger partial charge in [0.1, 0.15) is 5.75 Å². The van der Waals surface area contributed by atoms with Gasteiger partial charge >= 0.3 is 0 Å². The number of primary amides is 1. The summed E-state index contributed by atoms with van der Waals surface area (Å²) in [5, 5.41) is 12.3. The van der Waals surface area contributed by atoms with E-state index in [1.54, 1.807) is 41.8 Å². The summed E-state index contributed by atoms with van der Waals surface area (Å²) < 4.78 is 5.28. The number of benzene rings is 1. The number of thiophene rings is 1. The van der Waals surface area contributed by atoms with Gasteiger partial charge in [0, 0.05) is 13.1 Å². The van der Waals surface area contributed by atoms with Crippen LogP contribution in [0.25, 0.3) is 0 Å². The molecule has 1 atom stereocenters. The van der Waals surface area contributed by atoms with Crippen LogP contribution in [0.15, 0.2) is 53.1 Å². The van der Waals surface area contributed by atoms with Crippen molar-refractivity contribution < 1.29 is 24.2 Å². The fourth-order valence-corrected chi connectivity index (χ4v) is 3.89. The molecular formula is C21H23N3O5S. The van der Waals surface area contributed by atoms with Gasteiger partial charge in [0.25, 0.3) is 11.8 Å². The van der Waals surface area contributed by atoms with E-state index in [0.29, 0.717) is 29.3 Å². The van der Waals surface area contributed by atoms with Gasteiger partial charge in [-0.3, -0.25) is 14.4 Å². The van der Waals surface area contributed by atoms with Crippen LogP contribution in [-0.2, 0) is 9.59 Å². The van der Waals surface area contributed by atoms with E-state index in [1.807, 2.05) is 19.0 Å². The van der Waals surface area contributed by atoms with Gasteiger partial charge in [0.05, 0.1) is 16.5 Å². The number of nitrogens with zero attached hydrogens (tertiary/aromatic N) is 2. The standard InChI is InChI=1S/C21H23N3O5S/c1-23(2)9-10-24-18(13-5-7-14(8-6-13)29-12-16(22)25)17(20(27)21(24)28)19(26)15-4-3-11-30-15/h3-8,11,18,27H,9-10,12H2,1-2H3,(H2,22,25). The first-order valence-corrected chi connectivity index (χ1v) is 10.2. The summed E-state index contributed by atoms with van der Waals surface area (Å²) in [5.41, 5.74) is 5.80. The van der Waals surface area contributed by atoms with Crippen molar-refractivity contribution in [2.24, 2.45) is 5.73 Å². The van der Waals surface area contributed by atoms with Crippen molar-refractivity contribution in [3.05, 3.63) is 63.6 Å². The van der Waals surface area contributed by atoms with E-state index in [-0.39, 0.29) is 18.0 Å². The van der Waals surface area contributed by atoms with Crippen molar-refractivity contribution in [3.63, 3.8) is 0 Å². The van der Waals surface area contributed by atoms with Crippen LogP contribution in [0.1, 0.15) is 21.3 Å². The highest BCUT2D eigenvalue weighted by Gasteiger charge is 2.43. The summed E-state index contributed by atoms with van der Waals surface area (Å²) >= 11 is 1.25. The number of aliphatic hydroxyl groups excluding tert-OH is 1. The number of ketones is 1. The number of rotatable bonds is 9. The third-order valence-corrected chi connectivity index (χ3v) is 5.53. The second-order valence-electron chi connectivity index (χ2n) is 7.10. The minimum absolute atomic E-state index is 0.0620. The van der Waals surface area contributed by atoms with Crippen molar-refractivity contribution in [3.8, 4) is 5.75 Å². The Morgan fingerprint density at radius 3 is 2.50 bits per heavy atom. The summed E-state index contributed by atoms with van der Waals surface area (Å²) in [6.07, 6.45) is 0. The molecule has 2 amide bonds. The van der Waals surface area contributed by atoms with Crippen LogP contribution in [0.2, 0.25) is 0 Å². The number of carbonyl (C=O) groups excluding carboxylic acids is 3. The quantitative estimate of drug-likeness (QED) is 0.587. The lowest BCUT2D eigenvalue weighted by Gasteiger charge is -2.28. The van der Waals surface area contributed by atoms with Gasteiger partial charge in [-0.1, -0.05) is 18.2 Å². The molecule has 1 aliphatic heterocycles. The number of ether oxygens (including phenoxy) is 1. The van der Waals surface area contributed by atoms with Crippen molar-refractivity contribution >= 4 is 28.9 Å². The lowest BCUT2D eigenvalue weighted by atomic mass is 9.95. The Kier molecular flexibility index (Phi) is 6.53. The topological polar surface area (TPSA) is 113 Å². The predicted molar refractivity (Wildman–Crippen MR) is 112 cm³/mol. The van der Waals surface area contributed by atoms with Gasteiger partial charge in [0.15, 0.2) is 12.4 Å². The maximum Gasteiger partial charge on any atom is 0.290 e. The SMILES string of the molecule is CN(C)CCN1C(=O)C(O)=C(C(=O)c2cccs2)C1c1ccc(OCC(N)=O)cc1. The first-order valence-electron chi connectivity index (χ1n) is 9.27. The van der Waals surface area contributed by atoms with E-state index < -0.39 is 23.6 Å². The van der Waals surface area contributed by atoms with Crippen LogP contribution < -0.4 is 10.5 Å². The summed E-state index contributed by atoms with van der Waals surface area (Å²) in [6.45, 7) is 0.649. The molecule has 1 aliphatic rings. The zero-order valence-electron chi connectivity index (χ0n) is 16.7. The molecular weight excluding hydrogens is 406 g/mol. The number of likely N-dealkylation sites (N-methyl/N-ethyl adjacent to an activating group) is 1. The number of carbonyl (C=O) groups is 3. The average Bonchev–Trinajstić information content (AvgIpc) is 3.33. The summed E-state index contributed by atoms with van der Waals surface area (Å²) in [7, 11) is 3.76. The molecule has 0 aliphatic carbocycles. The van der Waals surface area contributed by atoms with Crippen LogP contribution in [0.5, 0.6) is 5.75 Å². The molecule has 1 aromatic heterocycles. The number of nitrogens with two attached hydrogens (primary N) is 1. The van der Waals surface area contributed by atoms with Gasteiger partial charge in [-0.05, 0) is 43.2 Å². The van der Waals surface area contributed by atoms with Crippen molar-refractivity contribution in [2.75, 3.05) is 33.8 Å². The van der Waals surface area contributed by atoms with E-state index in [4.69, 9.17) is 10.5 Å². The fourth-order valence-electron chi connectivity index (χ4n) is 3.21. The minimum Gasteiger partial charge on any atom is -0.503 e.